The molecule has 1 heterocycles. The summed E-state index contributed by atoms with van der Waals surface area (Å²) in [6.45, 7) is -0.196. The summed E-state index contributed by atoms with van der Waals surface area (Å²) in [7, 11) is 0. The van der Waals surface area contributed by atoms with Crippen molar-refractivity contribution in [3.63, 3.8) is 0 Å². The van der Waals surface area contributed by atoms with E-state index in [9.17, 15) is 13.9 Å². The van der Waals surface area contributed by atoms with Gasteiger partial charge in [0.1, 0.15) is 16.6 Å². The zero-order valence-electron chi connectivity index (χ0n) is 10.9. The number of hydrogen-bond acceptors (Lipinski definition) is 3. The van der Waals surface area contributed by atoms with Crippen LogP contribution in [0.1, 0.15) is 4.88 Å². The van der Waals surface area contributed by atoms with Gasteiger partial charge in [-0.3, -0.25) is 0 Å². The van der Waals surface area contributed by atoms with Crippen LogP contribution in [-0.4, -0.2) is 10.1 Å². The average molecular weight is 303 g/mol. The van der Waals surface area contributed by atoms with Gasteiger partial charge < -0.3 is 5.11 Å². The van der Waals surface area contributed by atoms with Crippen molar-refractivity contribution in [1.82, 2.24) is 4.98 Å². The van der Waals surface area contributed by atoms with Gasteiger partial charge in [0, 0.05) is 11.1 Å². The number of nitrogens with zero attached hydrogens (tertiary/aromatic N) is 1. The van der Waals surface area contributed by atoms with Crippen molar-refractivity contribution in [1.29, 1.82) is 0 Å². The van der Waals surface area contributed by atoms with Gasteiger partial charge in [0.15, 0.2) is 0 Å². The topological polar surface area (TPSA) is 33.1 Å². The molecular formula is C16H11F2NOS. The summed E-state index contributed by atoms with van der Waals surface area (Å²) in [4.78, 5) is 5.05. The van der Waals surface area contributed by atoms with E-state index >= 15 is 0 Å². The first-order valence-electron chi connectivity index (χ1n) is 6.30. The fraction of sp³-hybridized carbons (Fsp3) is 0.0625. The van der Waals surface area contributed by atoms with Gasteiger partial charge in [0.2, 0.25) is 0 Å². The van der Waals surface area contributed by atoms with Gasteiger partial charge in [0.05, 0.1) is 17.2 Å². The maximum atomic E-state index is 13.3. The Bertz CT molecular complexity index is 785. The molecule has 0 bridgehead atoms. The molecule has 0 fully saturated rings. The van der Waals surface area contributed by atoms with E-state index in [1.54, 1.807) is 24.3 Å². The highest BCUT2D eigenvalue weighted by Gasteiger charge is 2.14. The molecule has 0 atom stereocenters. The Morgan fingerprint density at radius 3 is 2.19 bits per heavy atom. The van der Waals surface area contributed by atoms with Gasteiger partial charge in [-0.05, 0) is 24.3 Å². The second kappa shape index (κ2) is 5.71. The van der Waals surface area contributed by atoms with Crippen LogP contribution < -0.4 is 0 Å². The third kappa shape index (κ3) is 2.84. The number of aromatic nitrogens is 1. The van der Waals surface area contributed by atoms with E-state index in [4.69, 9.17) is 0 Å². The Morgan fingerprint density at radius 2 is 1.57 bits per heavy atom. The van der Waals surface area contributed by atoms with Gasteiger partial charge in [-0.2, -0.15) is 0 Å². The lowest BCUT2D eigenvalue weighted by Crippen LogP contribution is -1.86. The Morgan fingerprint density at radius 1 is 0.952 bits per heavy atom. The Hall–Kier alpha value is -2.11. The number of hydrogen-bond donors (Lipinski definition) is 1. The van der Waals surface area contributed by atoms with Crippen molar-refractivity contribution in [2.24, 2.45) is 0 Å². The molecule has 0 aliphatic carbocycles. The molecule has 0 amide bonds. The van der Waals surface area contributed by atoms with Gasteiger partial charge in [-0.15, -0.1) is 11.3 Å². The first-order chi connectivity index (χ1) is 10.2. The predicted molar refractivity (Wildman–Crippen MR) is 78.8 cm³/mol. The van der Waals surface area contributed by atoms with Gasteiger partial charge >= 0.3 is 0 Å². The number of halogens is 2. The Balaban J connectivity index is 2.10. The zero-order valence-corrected chi connectivity index (χ0v) is 11.7. The summed E-state index contributed by atoms with van der Waals surface area (Å²) in [6, 6.07) is 12.1. The fourth-order valence-electron chi connectivity index (χ4n) is 2.07. The molecule has 0 saturated carbocycles. The Labute approximate surface area is 124 Å². The van der Waals surface area contributed by atoms with Crippen LogP contribution in [0.15, 0.2) is 48.5 Å². The first kappa shape index (κ1) is 13.9. The van der Waals surface area contributed by atoms with E-state index in [0.717, 1.165) is 0 Å². The molecule has 0 saturated heterocycles. The highest BCUT2D eigenvalue weighted by molar-refractivity contribution is 7.15. The number of rotatable bonds is 3. The minimum Gasteiger partial charge on any atom is -0.391 e. The summed E-state index contributed by atoms with van der Waals surface area (Å²) in [5.74, 6) is -0.711. The lowest BCUT2D eigenvalue weighted by atomic mass is 10.1. The van der Waals surface area contributed by atoms with E-state index in [2.05, 4.69) is 4.98 Å². The maximum absolute atomic E-state index is 13.3. The molecule has 0 unspecified atom stereocenters. The highest BCUT2D eigenvalue weighted by atomic mass is 32.1. The summed E-state index contributed by atoms with van der Waals surface area (Å²) in [5.41, 5.74) is 1.76. The van der Waals surface area contributed by atoms with Crippen LogP contribution in [-0.2, 0) is 6.61 Å². The number of thiazole rings is 1. The van der Waals surface area contributed by atoms with Gasteiger partial charge in [0.25, 0.3) is 0 Å². The van der Waals surface area contributed by atoms with E-state index in [0.29, 0.717) is 26.7 Å². The zero-order chi connectivity index (χ0) is 14.8. The van der Waals surface area contributed by atoms with Gasteiger partial charge in [-0.25, -0.2) is 13.8 Å². The largest absolute Gasteiger partial charge is 0.391 e. The molecule has 0 aliphatic rings. The predicted octanol–water partition coefficient (Wildman–Crippen LogP) is 4.25. The third-order valence-electron chi connectivity index (χ3n) is 3.01. The second-order valence-corrected chi connectivity index (χ2v) is 5.55. The number of aliphatic hydroxyl groups is 1. The third-order valence-corrected chi connectivity index (χ3v) is 4.10. The lowest BCUT2D eigenvalue weighted by molar-refractivity contribution is 0.286. The monoisotopic (exact) mass is 303 g/mol. The molecule has 1 aromatic heterocycles. The molecule has 0 radical (unpaired) electrons. The van der Waals surface area contributed by atoms with Crippen LogP contribution in [0.5, 0.6) is 0 Å². The smallest absolute Gasteiger partial charge is 0.124 e. The summed E-state index contributed by atoms with van der Waals surface area (Å²) in [5, 5.41) is 10.1. The van der Waals surface area contributed by atoms with Crippen molar-refractivity contribution in [3.8, 4) is 21.8 Å². The maximum Gasteiger partial charge on any atom is 0.124 e. The van der Waals surface area contributed by atoms with Crippen molar-refractivity contribution >= 4 is 11.3 Å². The molecule has 1 N–H and O–H groups in total. The van der Waals surface area contributed by atoms with Crippen molar-refractivity contribution in [3.05, 3.63) is 65.0 Å². The van der Waals surface area contributed by atoms with Crippen molar-refractivity contribution in [2.45, 2.75) is 6.61 Å². The van der Waals surface area contributed by atoms with Crippen LogP contribution in [0.2, 0.25) is 0 Å². The first-order valence-corrected chi connectivity index (χ1v) is 7.11. The number of benzene rings is 2. The normalized spacial score (nSPS) is 10.8. The van der Waals surface area contributed by atoms with Gasteiger partial charge in [-0.1, -0.05) is 24.3 Å². The van der Waals surface area contributed by atoms with Crippen LogP contribution in [0.25, 0.3) is 21.8 Å². The van der Waals surface area contributed by atoms with Crippen molar-refractivity contribution in [2.75, 3.05) is 0 Å². The van der Waals surface area contributed by atoms with Crippen molar-refractivity contribution < 1.29 is 13.9 Å². The molecule has 21 heavy (non-hydrogen) atoms. The fourth-order valence-corrected chi connectivity index (χ4v) is 3.01. The summed E-state index contributed by atoms with van der Waals surface area (Å²) < 4.78 is 26.6. The molecule has 106 valence electrons. The molecule has 3 aromatic rings. The molecule has 5 heteroatoms. The van der Waals surface area contributed by atoms with E-state index < -0.39 is 0 Å². The van der Waals surface area contributed by atoms with Crippen LogP contribution in [0.4, 0.5) is 8.78 Å². The van der Waals surface area contributed by atoms with E-state index in [1.165, 1.54) is 35.6 Å². The van der Waals surface area contributed by atoms with Crippen LogP contribution in [0, 0.1) is 11.6 Å². The van der Waals surface area contributed by atoms with E-state index in [1.807, 2.05) is 0 Å². The molecule has 0 spiro atoms. The minimum atomic E-state index is -0.364. The highest BCUT2D eigenvalue weighted by Crippen LogP contribution is 2.34. The molecular weight excluding hydrogens is 292 g/mol. The lowest BCUT2D eigenvalue weighted by Gasteiger charge is -1.99. The number of aliphatic hydroxyl groups excluding tert-OH is 1. The second-order valence-electron chi connectivity index (χ2n) is 4.47. The molecule has 0 aliphatic heterocycles. The minimum absolute atomic E-state index is 0.196. The summed E-state index contributed by atoms with van der Waals surface area (Å²) >= 11 is 1.27. The molecule has 2 aromatic carbocycles. The van der Waals surface area contributed by atoms with E-state index in [-0.39, 0.29) is 18.2 Å². The standard InChI is InChI=1S/C16H11F2NOS/c17-12-5-1-3-10(7-12)15-14(9-20)21-16(19-15)11-4-2-6-13(18)8-11/h1-8,20H,9H2. The Kier molecular flexibility index (Phi) is 3.77. The summed E-state index contributed by atoms with van der Waals surface area (Å²) in [6.07, 6.45) is 0. The van der Waals surface area contributed by atoms with Crippen LogP contribution >= 0.6 is 11.3 Å². The molecule has 2 nitrogen and oxygen atoms in total. The quantitative estimate of drug-likeness (QED) is 0.784. The SMILES string of the molecule is OCc1sc(-c2cccc(F)c2)nc1-c1cccc(F)c1. The van der Waals surface area contributed by atoms with Crippen LogP contribution in [0.3, 0.4) is 0 Å². The average Bonchev–Trinajstić information content (AvgIpc) is 2.91. The molecule has 3 rings (SSSR count).